The smallest absolute Gasteiger partial charge is 0.337 e. The molecule has 1 aliphatic rings. The predicted octanol–water partition coefficient (Wildman–Crippen LogP) is 1.91. The number of hydrogen-bond donors (Lipinski definition) is 2. The van der Waals surface area contributed by atoms with E-state index in [-0.39, 0.29) is 5.56 Å². The van der Waals surface area contributed by atoms with Gasteiger partial charge in [-0.2, -0.15) is 11.8 Å². The Labute approximate surface area is 105 Å². The molecule has 0 unspecified atom stereocenters. The average Bonchev–Trinajstić information content (AvgIpc) is 2.56. The van der Waals surface area contributed by atoms with Crippen molar-refractivity contribution in [3.05, 3.63) is 23.8 Å². The summed E-state index contributed by atoms with van der Waals surface area (Å²) in [6, 6.07) is 5.19. The normalized spacial score (nSPS) is 16.6. The lowest BCUT2D eigenvalue weighted by Crippen LogP contribution is -2.25. The molecule has 1 aromatic carbocycles. The van der Waals surface area contributed by atoms with E-state index in [1.54, 1.807) is 12.1 Å². The molecule has 1 saturated heterocycles. The summed E-state index contributed by atoms with van der Waals surface area (Å²) >= 11 is 1.96. The molecule has 0 radical (unpaired) electrons. The van der Waals surface area contributed by atoms with E-state index in [1.165, 1.54) is 5.75 Å². The second-order valence-corrected chi connectivity index (χ2v) is 5.25. The highest BCUT2D eigenvalue weighted by Gasteiger charge is 2.13. The number of thioether (sulfide) groups is 1. The molecule has 1 fully saturated rings. The summed E-state index contributed by atoms with van der Waals surface area (Å²) in [4.78, 5) is 13.1. The lowest BCUT2D eigenvalue weighted by Gasteiger charge is -2.22. The van der Waals surface area contributed by atoms with Crippen LogP contribution in [0.1, 0.15) is 16.8 Å². The second-order valence-electron chi connectivity index (χ2n) is 4.03. The summed E-state index contributed by atoms with van der Waals surface area (Å²) in [5.41, 5.74) is 7.30. The van der Waals surface area contributed by atoms with E-state index in [2.05, 4.69) is 4.90 Å². The predicted molar refractivity (Wildman–Crippen MR) is 72.0 cm³/mol. The Kier molecular flexibility index (Phi) is 3.78. The first kappa shape index (κ1) is 12.1. The third-order valence-electron chi connectivity index (χ3n) is 2.85. The van der Waals surface area contributed by atoms with Gasteiger partial charge in [-0.3, -0.25) is 0 Å². The first-order chi connectivity index (χ1) is 8.18. The van der Waals surface area contributed by atoms with Crippen LogP contribution in [0.5, 0.6) is 0 Å². The van der Waals surface area contributed by atoms with Crippen molar-refractivity contribution in [1.82, 2.24) is 0 Å². The molecule has 1 aromatic rings. The number of aromatic carboxylic acids is 1. The summed E-state index contributed by atoms with van der Waals surface area (Å²) in [6.45, 7) is 2.01. The van der Waals surface area contributed by atoms with Gasteiger partial charge in [0, 0.05) is 30.2 Å². The number of nitrogen functional groups attached to an aromatic ring is 1. The number of nitrogens with zero attached hydrogens (tertiary/aromatic N) is 1. The van der Waals surface area contributed by atoms with Crippen molar-refractivity contribution in [2.75, 3.05) is 35.2 Å². The van der Waals surface area contributed by atoms with Gasteiger partial charge in [0.1, 0.15) is 0 Å². The molecule has 0 atom stereocenters. The number of carboxylic acid groups (broad SMARTS) is 1. The topological polar surface area (TPSA) is 66.6 Å². The average molecular weight is 252 g/mol. The van der Waals surface area contributed by atoms with Gasteiger partial charge in [-0.25, -0.2) is 4.79 Å². The minimum absolute atomic E-state index is 0.179. The zero-order chi connectivity index (χ0) is 12.3. The highest BCUT2D eigenvalue weighted by atomic mass is 32.2. The van der Waals surface area contributed by atoms with Gasteiger partial charge in [-0.15, -0.1) is 0 Å². The molecular weight excluding hydrogens is 236 g/mol. The van der Waals surface area contributed by atoms with Gasteiger partial charge in [0.2, 0.25) is 0 Å². The Morgan fingerprint density at radius 1 is 1.35 bits per heavy atom. The molecule has 17 heavy (non-hydrogen) atoms. The molecule has 3 N–H and O–H groups in total. The highest BCUT2D eigenvalue weighted by molar-refractivity contribution is 7.99. The molecule has 0 aliphatic carbocycles. The largest absolute Gasteiger partial charge is 0.478 e. The zero-order valence-electron chi connectivity index (χ0n) is 9.56. The Hall–Kier alpha value is -1.36. The number of rotatable bonds is 2. The number of hydrogen-bond acceptors (Lipinski definition) is 4. The van der Waals surface area contributed by atoms with Crippen LogP contribution in [0.2, 0.25) is 0 Å². The Balaban J connectivity index is 2.21. The van der Waals surface area contributed by atoms with Gasteiger partial charge < -0.3 is 15.7 Å². The molecule has 2 rings (SSSR count). The summed E-state index contributed by atoms with van der Waals surface area (Å²) in [5, 5.41) is 8.91. The van der Waals surface area contributed by atoms with Crippen LogP contribution >= 0.6 is 11.8 Å². The molecule has 0 saturated carbocycles. The number of carboxylic acids is 1. The van der Waals surface area contributed by atoms with E-state index in [0.717, 1.165) is 31.0 Å². The number of benzene rings is 1. The van der Waals surface area contributed by atoms with Crippen LogP contribution in [0.25, 0.3) is 0 Å². The van der Waals surface area contributed by atoms with Gasteiger partial charge in [-0.05, 0) is 30.4 Å². The number of nitrogens with two attached hydrogens (primary N) is 1. The summed E-state index contributed by atoms with van der Waals surface area (Å²) in [7, 11) is 0. The van der Waals surface area contributed by atoms with Crippen LogP contribution < -0.4 is 10.6 Å². The molecule has 0 spiro atoms. The van der Waals surface area contributed by atoms with Gasteiger partial charge in [0.05, 0.1) is 5.56 Å². The standard InChI is InChI=1S/C12H16N2O2S/c13-11-8-9(2-3-10(11)12(15)16)14-4-1-6-17-7-5-14/h2-3,8H,1,4-7,13H2,(H,15,16). The maximum absolute atomic E-state index is 10.9. The van der Waals surface area contributed by atoms with Crippen LogP contribution in [0.4, 0.5) is 11.4 Å². The van der Waals surface area contributed by atoms with Crippen LogP contribution in [0.3, 0.4) is 0 Å². The van der Waals surface area contributed by atoms with Crippen molar-refractivity contribution < 1.29 is 9.90 Å². The highest BCUT2D eigenvalue weighted by Crippen LogP contribution is 2.23. The third kappa shape index (κ3) is 2.85. The fourth-order valence-electron chi connectivity index (χ4n) is 1.95. The van der Waals surface area contributed by atoms with E-state index >= 15 is 0 Å². The van der Waals surface area contributed by atoms with Crippen LogP contribution in [-0.2, 0) is 0 Å². The third-order valence-corrected chi connectivity index (χ3v) is 3.90. The molecule has 92 valence electrons. The van der Waals surface area contributed by atoms with E-state index in [0.29, 0.717) is 5.69 Å². The van der Waals surface area contributed by atoms with Gasteiger partial charge in [0.25, 0.3) is 0 Å². The molecule has 0 aromatic heterocycles. The Morgan fingerprint density at radius 2 is 2.18 bits per heavy atom. The molecule has 4 nitrogen and oxygen atoms in total. The molecule has 1 aliphatic heterocycles. The second kappa shape index (κ2) is 5.31. The van der Waals surface area contributed by atoms with Crippen LogP contribution in [0.15, 0.2) is 18.2 Å². The van der Waals surface area contributed by atoms with E-state index < -0.39 is 5.97 Å². The molecule has 0 bridgehead atoms. The Morgan fingerprint density at radius 3 is 2.88 bits per heavy atom. The fourth-order valence-corrected chi connectivity index (χ4v) is 2.83. The van der Waals surface area contributed by atoms with Crippen molar-refractivity contribution >= 4 is 29.1 Å². The monoisotopic (exact) mass is 252 g/mol. The van der Waals surface area contributed by atoms with Crippen LogP contribution in [-0.4, -0.2) is 35.7 Å². The minimum Gasteiger partial charge on any atom is -0.478 e. The van der Waals surface area contributed by atoms with E-state index in [9.17, 15) is 4.79 Å². The molecular formula is C12H16N2O2S. The summed E-state index contributed by atoms with van der Waals surface area (Å²) < 4.78 is 0. The first-order valence-electron chi connectivity index (χ1n) is 5.64. The van der Waals surface area contributed by atoms with Crippen molar-refractivity contribution in [2.24, 2.45) is 0 Å². The van der Waals surface area contributed by atoms with Crippen molar-refractivity contribution in [2.45, 2.75) is 6.42 Å². The number of carbonyl (C=O) groups is 1. The van der Waals surface area contributed by atoms with Crippen molar-refractivity contribution in [3.63, 3.8) is 0 Å². The van der Waals surface area contributed by atoms with Crippen molar-refractivity contribution in [3.8, 4) is 0 Å². The van der Waals surface area contributed by atoms with Gasteiger partial charge in [0.15, 0.2) is 0 Å². The zero-order valence-corrected chi connectivity index (χ0v) is 10.4. The summed E-state index contributed by atoms with van der Waals surface area (Å²) in [5.74, 6) is 1.33. The lowest BCUT2D eigenvalue weighted by molar-refractivity contribution is 0.0698. The van der Waals surface area contributed by atoms with Crippen LogP contribution in [0, 0.1) is 0 Å². The number of anilines is 2. The maximum Gasteiger partial charge on any atom is 0.337 e. The quantitative estimate of drug-likeness (QED) is 0.787. The summed E-state index contributed by atoms with van der Waals surface area (Å²) in [6.07, 6.45) is 1.16. The first-order valence-corrected chi connectivity index (χ1v) is 6.79. The SMILES string of the molecule is Nc1cc(N2CCCSCC2)ccc1C(=O)O. The molecule has 5 heteroatoms. The molecule has 1 heterocycles. The molecule has 0 amide bonds. The fraction of sp³-hybridized carbons (Fsp3) is 0.417. The minimum atomic E-state index is -0.972. The van der Waals surface area contributed by atoms with Gasteiger partial charge in [-0.1, -0.05) is 0 Å². The maximum atomic E-state index is 10.9. The van der Waals surface area contributed by atoms with Gasteiger partial charge >= 0.3 is 5.97 Å². The lowest BCUT2D eigenvalue weighted by atomic mass is 10.1. The van der Waals surface area contributed by atoms with Crippen molar-refractivity contribution in [1.29, 1.82) is 0 Å². The van der Waals surface area contributed by atoms with E-state index in [1.807, 2.05) is 17.8 Å². The van der Waals surface area contributed by atoms with E-state index in [4.69, 9.17) is 10.8 Å². The Bertz CT molecular complexity index is 415.